The molecule has 1 atom stereocenters. The lowest BCUT2D eigenvalue weighted by Crippen LogP contribution is -2.53. The number of benzene rings is 2. The van der Waals surface area contributed by atoms with E-state index in [-0.39, 0.29) is 53.8 Å². The average molecular weight is 819 g/mol. The summed E-state index contributed by atoms with van der Waals surface area (Å²) >= 11 is 0. The van der Waals surface area contributed by atoms with Crippen molar-refractivity contribution in [2.75, 3.05) is 44.7 Å². The number of imide groups is 1. The molecule has 2 N–H and O–H groups in total. The molecule has 8 rings (SSSR count). The van der Waals surface area contributed by atoms with Gasteiger partial charge in [0.25, 0.3) is 5.91 Å². The van der Waals surface area contributed by atoms with E-state index in [1.54, 1.807) is 12.1 Å². The molecule has 1 aromatic heterocycles. The van der Waals surface area contributed by atoms with Crippen molar-refractivity contribution >= 4 is 47.8 Å². The Morgan fingerprint density at radius 2 is 1.70 bits per heavy atom. The molecular formula is C46H58N8O6. The maximum absolute atomic E-state index is 13.8. The minimum Gasteiger partial charge on any atom is -0.358 e. The van der Waals surface area contributed by atoms with Crippen molar-refractivity contribution in [1.82, 2.24) is 35.1 Å². The highest BCUT2D eigenvalue weighted by molar-refractivity contribution is 6.06. The van der Waals surface area contributed by atoms with Gasteiger partial charge in [0.2, 0.25) is 24.1 Å². The second-order valence-corrected chi connectivity index (χ2v) is 18.0. The third kappa shape index (κ3) is 7.86. The third-order valence-electron chi connectivity index (χ3n) is 13.7. The number of anilines is 2. The van der Waals surface area contributed by atoms with E-state index >= 15 is 0 Å². The van der Waals surface area contributed by atoms with Crippen LogP contribution in [0.3, 0.4) is 0 Å². The first-order valence-electron chi connectivity index (χ1n) is 21.8. The standard InChI is InChI=1S/C46H58N8O6/c1-5-35-38(12-16-47-28-56)54(49-43(35)53-17-7-9-30-20-29-8-6-15-46(2,3)37(29)23-40(30)53)34-13-18-52(19-14-34)42(58)26-51-24-31-21-33(27-55)36(22-32(31)25-51)45(60)50(4)39-10-11-41(57)48-44(39)59/h20-23,27-28,34,39H,5-19,24-26H2,1-4H3,(H,47,56)(H,48,57,59). The normalized spacial score (nSPS) is 20.2. The number of hydrogen-bond donors (Lipinski definition) is 2. The summed E-state index contributed by atoms with van der Waals surface area (Å²) in [5.41, 5.74) is 10.3. The molecule has 1 unspecified atom stereocenters. The molecule has 14 heteroatoms. The summed E-state index contributed by atoms with van der Waals surface area (Å²) in [5.74, 6) is -0.301. The van der Waals surface area contributed by atoms with Crippen LogP contribution in [-0.4, -0.2) is 107 Å². The molecule has 0 radical (unpaired) electrons. The minimum absolute atomic E-state index is 0.0350. The molecule has 4 aliphatic heterocycles. The Labute approximate surface area is 352 Å². The highest BCUT2D eigenvalue weighted by atomic mass is 16.2. The summed E-state index contributed by atoms with van der Waals surface area (Å²) < 4.78 is 2.22. The fourth-order valence-corrected chi connectivity index (χ4v) is 10.5. The van der Waals surface area contributed by atoms with Crippen molar-refractivity contribution in [1.29, 1.82) is 0 Å². The summed E-state index contributed by atoms with van der Waals surface area (Å²) in [6.45, 7) is 10.7. The fourth-order valence-electron chi connectivity index (χ4n) is 10.5. The number of fused-ring (bicyclic) bond motifs is 3. The zero-order valence-corrected chi connectivity index (χ0v) is 35.5. The first-order chi connectivity index (χ1) is 28.9. The van der Waals surface area contributed by atoms with E-state index in [1.165, 1.54) is 52.7 Å². The third-order valence-corrected chi connectivity index (χ3v) is 13.7. The Bertz CT molecular complexity index is 2220. The second-order valence-electron chi connectivity index (χ2n) is 18.0. The van der Waals surface area contributed by atoms with Gasteiger partial charge in [-0.25, -0.2) is 0 Å². The molecule has 1 aliphatic carbocycles. The van der Waals surface area contributed by atoms with Crippen molar-refractivity contribution < 1.29 is 28.8 Å². The van der Waals surface area contributed by atoms with Gasteiger partial charge in [-0.15, -0.1) is 0 Å². The predicted octanol–water partition coefficient (Wildman–Crippen LogP) is 4.30. The molecule has 0 bridgehead atoms. The van der Waals surface area contributed by atoms with Gasteiger partial charge in [0.1, 0.15) is 6.04 Å². The van der Waals surface area contributed by atoms with Gasteiger partial charge < -0.3 is 20.0 Å². The Morgan fingerprint density at radius 3 is 2.42 bits per heavy atom. The first kappa shape index (κ1) is 41.4. The fraction of sp³-hybridized carbons (Fsp3) is 0.543. The van der Waals surface area contributed by atoms with Gasteiger partial charge in [-0.05, 0) is 109 Å². The largest absolute Gasteiger partial charge is 0.358 e. The van der Waals surface area contributed by atoms with Crippen LogP contribution >= 0.6 is 0 Å². The maximum atomic E-state index is 13.8. The first-order valence-corrected chi connectivity index (χ1v) is 21.8. The van der Waals surface area contributed by atoms with E-state index in [2.05, 4.69) is 53.1 Å². The highest BCUT2D eigenvalue weighted by Crippen LogP contribution is 2.44. The van der Waals surface area contributed by atoms with Crippen molar-refractivity contribution in [3.05, 3.63) is 74.5 Å². The lowest BCUT2D eigenvalue weighted by Gasteiger charge is -2.37. The molecule has 318 valence electrons. The molecule has 0 saturated carbocycles. The van der Waals surface area contributed by atoms with Crippen molar-refractivity contribution in [2.24, 2.45) is 0 Å². The summed E-state index contributed by atoms with van der Waals surface area (Å²) in [6.07, 6.45) is 10.5. The molecule has 2 saturated heterocycles. The van der Waals surface area contributed by atoms with Crippen molar-refractivity contribution in [3.8, 4) is 0 Å². The minimum atomic E-state index is -0.804. The van der Waals surface area contributed by atoms with E-state index in [4.69, 9.17) is 5.10 Å². The van der Waals surface area contributed by atoms with Crippen LogP contribution in [0.4, 0.5) is 11.5 Å². The lowest BCUT2D eigenvalue weighted by molar-refractivity contribution is -0.137. The van der Waals surface area contributed by atoms with E-state index in [0.717, 1.165) is 74.1 Å². The van der Waals surface area contributed by atoms with E-state index in [1.807, 2.05) is 9.80 Å². The van der Waals surface area contributed by atoms with Crippen LogP contribution in [0.15, 0.2) is 24.3 Å². The number of carbonyl (C=O) groups is 6. The van der Waals surface area contributed by atoms with Gasteiger partial charge in [0.15, 0.2) is 12.1 Å². The number of rotatable bonds is 12. The topological polar surface area (TPSA) is 157 Å². The van der Waals surface area contributed by atoms with Crippen LogP contribution in [0.25, 0.3) is 0 Å². The van der Waals surface area contributed by atoms with E-state index in [9.17, 15) is 28.8 Å². The number of aryl methyl sites for hydroxylation is 2. The number of nitrogens with zero attached hydrogens (tertiary/aromatic N) is 6. The van der Waals surface area contributed by atoms with Crippen LogP contribution < -0.4 is 15.5 Å². The van der Waals surface area contributed by atoms with E-state index < -0.39 is 17.9 Å². The Kier molecular flexibility index (Phi) is 11.7. The molecule has 2 fully saturated rings. The molecule has 2 aromatic carbocycles. The Morgan fingerprint density at radius 1 is 0.950 bits per heavy atom. The maximum Gasteiger partial charge on any atom is 0.255 e. The van der Waals surface area contributed by atoms with Crippen LogP contribution in [0.1, 0.15) is 132 Å². The number of amides is 5. The van der Waals surface area contributed by atoms with Gasteiger partial charge in [-0.2, -0.15) is 5.10 Å². The number of nitrogens with one attached hydrogen (secondary N) is 2. The number of aldehydes is 1. The highest BCUT2D eigenvalue weighted by Gasteiger charge is 2.36. The molecule has 60 heavy (non-hydrogen) atoms. The number of likely N-dealkylation sites (N-methyl/N-ethyl adjacent to an activating group) is 1. The molecule has 3 aromatic rings. The van der Waals surface area contributed by atoms with Crippen LogP contribution in [0, 0.1) is 0 Å². The second kappa shape index (κ2) is 16.9. The van der Waals surface area contributed by atoms with Crippen molar-refractivity contribution in [2.45, 2.75) is 122 Å². The van der Waals surface area contributed by atoms with Crippen LogP contribution in [0.2, 0.25) is 0 Å². The van der Waals surface area contributed by atoms with Gasteiger partial charge in [-0.3, -0.25) is 43.7 Å². The van der Waals surface area contributed by atoms with Gasteiger partial charge in [0, 0.05) is 81.7 Å². The van der Waals surface area contributed by atoms with Crippen molar-refractivity contribution in [3.63, 3.8) is 0 Å². The summed E-state index contributed by atoms with van der Waals surface area (Å²) in [6, 6.07) is 7.66. The van der Waals surface area contributed by atoms with E-state index in [0.29, 0.717) is 45.4 Å². The average Bonchev–Trinajstić information content (AvgIpc) is 3.81. The van der Waals surface area contributed by atoms with Crippen LogP contribution in [0.5, 0.6) is 0 Å². The summed E-state index contributed by atoms with van der Waals surface area (Å²) in [7, 11) is 1.51. The number of likely N-dealkylation sites (tertiary alicyclic amines) is 1. The zero-order chi connectivity index (χ0) is 42.3. The molecule has 5 heterocycles. The SMILES string of the molecule is CCc1c(N2CCCc3cc4c(cc32)C(C)(C)CCC4)nn(C2CCN(C(=O)CN3Cc4cc(C=O)c(C(=O)N(C)C5CCC(=O)NC5=O)cc4C3)CC2)c1CCNC=O. The summed E-state index contributed by atoms with van der Waals surface area (Å²) in [4.78, 5) is 82.7. The number of aromatic nitrogens is 2. The molecule has 5 aliphatic rings. The number of hydrogen-bond acceptors (Lipinski definition) is 9. The molecule has 5 amide bonds. The van der Waals surface area contributed by atoms with Gasteiger partial charge in [0.05, 0.1) is 18.2 Å². The Balaban J connectivity index is 0.955. The Hall–Kier alpha value is -5.37. The molecule has 0 spiro atoms. The summed E-state index contributed by atoms with van der Waals surface area (Å²) in [5, 5.41) is 10.6. The van der Waals surface area contributed by atoms with Gasteiger partial charge >= 0.3 is 0 Å². The number of piperidine rings is 2. The molecular weight excluding hydrogens is 761 g/mol. The zero-order valence-electron chi connectivity index (χ0n) is 35.5. The molecule has 14 nitrogen and oxygen atoms in total. The predicted molar refractivity (Wildman–Crippen MR) is 226 cm³/mol. The van der Waals surface area contributed by atoms with Gasteiger partial charge in [-0.1, -0.05) is 26.8 Å². The smallest absolute Gasteiger partial charge is 0.255 e. The van der Waals surface area contributed by atoms with Crippen LogP contribution in [-0.2, 0) is 63.4 Å². The lowest BCUT2D eigenvalue weighted by atomic mass is 9.72. The number of carbonyl (C=O) groups excluding carboxylic acids is 6. The monoisotopic (exact) mass is 818 g/mol. The quantitative estimate of drug-likeness (QED) is 0.155.